The number of primary amides is 1. The van der Waals surface area contributed by atoms with Crippen LogP contribution in [0.3, 0.4) is 0 Å². The third-order valence-electron chi connectivity index (χ3n) is 4.61. The van der Waals surface area contributed by atoms with Crippen LogP contribution in [0.25, 0.3) is 11.3 Å². The number of fused-ring (bicyclic) bond motifs is 3. The van der Waals surface area contributed by atoms with Crippen molar-refractivity contribution in [3.8, 4) is 28.8 Å². The summed E-state index contributed by atoms with van der Waals surface area (Å²) >= 11 is 1.29. The number of nitrogens with two attached hydrogens (primary N) is 1. The summed E-state index contributed by atoms with van der Waals surface area (Å²) in [5.74, 6) is 6.61. The number of benzene rings is 1. The second kappa shape index (κ2) is 7.03. The standard InChI is InChI=1S/C21H19N3O4S/c1-11-10-27-15-5-4-13(6-7-21(3,26)16-8-12(2)28-24-16)9-14(15)17-18(11)29-20(23-17)19(22)25/h4-5,8-9,11,26H,10H2,1-3H3,(H2,22,25). The van der Waals surface area contributed by atoms with E-state index in [0.717, 1.165) is 10.4 Å². The van der Waals surface area contributed by atoms with Gasteiger partial charge in [0.2, 0.25) is 0 Å². The molecule has 0 radical (unpaired) electrons. The van der Waals surface area contributed by atoms with Crippen molar-refractivity contribution < 1.29 is 19.2 Å². The average molecular weight is 409 g/mol. The lowest BCUT2D eigenvalue weighted by molar-refractivity contribution is 0.0999. The lowest BCUT2D eigenvalue weighted by atomic mass is 10.0. The van der Waals surface area contributed by atoms with Crippen molar-refractivity contribution in [2.24, 2.45) is 5.73 Å². The highest BCUT2D eigenvalue weighted by Crippen LogP contribution is 2.41. The van der Waals surface area contributed by atoms with Crippen LogP contribution in [0.2, 0.25) is 0 Å². The molecule has 3 aromatic rings. The molecule has 4 rings (SSSR count). The molecule has 2 atom stereocenters. The highest BCUT2D eigenvalue weighted by molar-refractivity contribution is 7.14. The van der Waals surface area contributed by atoms with Crippen LogP contribution in [0.4, 0.5) is 0 Å². The SMILES string of the molecule is Cc1cc(C(C)(O)C#Cc2ccc3c(c2)-c2nc(C(N)=O)sc2C(C)CO3)no1. The van der Waals surface area contributed by atoms with Crippen molar-refractivity contribution in [2.75, 3.05) is 6.61 Å². The summed E-state index contributed by atoms with van der Waals surface area (Å²) in [6, 6.07) is 7.12. The number of carbonyl (C=O) groups excluding carboxylic acids is 1. The fourth-order valence-electron chi connectivity index (χ4n) is 3.03. The molecule has 0 spiro atoms. The Morgan fingerprint density at radius 1 is 1.41 bits per heavy atom. The molecule has 0 bridgehead atoms. The number of rotatable bonds is 2. The summed E-state index contributed by atoms with van der Waals surface area (Å²) in [5.41, 5.74) is 6.42. The largest absolute Gasteiger partial charge is 0.492 e. The molecule has 29 heavy (non-hydrogen) atoms. The van der Waals surface area contributed by atoms with Gasteiger partial charge in [0.05, 0.1) is 12.3 Å². The van der Waals surface area contributed by atoms with Crippen LogP contribution in [0.1, 0.15) is 51.5 Å². The zero-order valence-electron chi connectivity index (χ0n) is 16.1. The number of hydrogen-bond acceptors (Lipinski definition) is 7. The van der Waals surface area contributed by atoms with Crippen molar-refractivity contribution in [1.82, 2.24) is 10.1 Å². The number of thiazole rings is 1. The van der Waals surface area contributed by atoms with Gasteiger partial charge in [0.15, 0.2) is 10.6 Å². The molecule has 0 saturated carbocycles. The van der Waals surface area contributed by atoms with Gasteiger partial charge < -0.3 is 20.1 Å². The highest BCUT2D eigenvalue weighted by Gasteiger charge is 2.27. The third kappa shape index (κ3) is 3.62. The Balaban J connectivity index is 1.76. The van der Waals surface area contributed by atoms with E-state index in [2.05, 4.69) is 22.0 Å². The second-order valence-electron chi connectivity index (χ2n) is 7.16. The van der Waals surface area contributed by atoms with Crippen LogP contribution < -0.4 is 10.5 Å². The summed E-state index contributed by atoms with van der Waals surface area (Å²) in [4.78, 5) is 17.0. The number of amides is 1. The van der Waals surface area contributed by atoms with E-state index >= 15 is 0 Å². The Morgan fingerprint density at radius 3 is 2.90 bits per heavy atom. The van der Waals surface area contributed by atoms with E-state index in [4.69, 9.17) is 15.0 Å². The number of nitrogens with zero attached hydrogens (tertiary/aromatic N) is 2. The van der Waals surface area contributed by atoms with E-state index in [1.165, 1.54) is 11.3 Å². The predicted molar refractivity (Wildman–Crippen MR) is 108 cm³/mol. The molecule has 0 saturated heterocycles. The summed E-state index contributed by atoms with van der Waals surface area (Å²) in [6.45, 7) is 5.81. The van der Waals surface area contributed by atoms with Crippen molar-refractivity contribution in [3.63, 3.8) is 0 Å². The summed E-state index contributed by atoms with van der Waals surface area (Å²) < 4.78 is 10.9. The van der Waals surface area contributed by atoms with E-state index in [0.29, 0.717) is 35.1 Å². The molecule has 3 heterocycles. The lowest BCUT2D eigenvalue weighted by Gasteiger charge is -2.12. The van der Waals surface area contributed by atoms with Crippen LogP contribution in [-0.2, 0) is 5.60 Å². The van der Waals surface area contributed by atoms with Crippen LogP contribution >= 0.6 is 11.3 Å². The molecule has 2 unspecified atom stereocenters. The molecule has 148 valence electrons. The first kappa shape index (κ1) is 19.2. The molecule has 1 aliphatic heterocycles. The zero-order chi connectivity index (χ0) is 20.8. The smallest absolute Gasteiger partial charge is 0.277 e. The molecule has 1 amide bonds. The fourth-order valence-corrected chi connectivity index (χ4v) is 3.99. The first-order chi connectivity index (χ1) is 13.7. The van der Waals surface area contributed by atoms with Crippen LogP contribution in [0.5, 0.6) is 5.75 Å². The van der Waals surface area contributed by atoms with E-state index in [1.807, 2.05) is 25.1 Å². The first-order valence-corrected chi connectivity index (χ1v) is 9.83. The van der Waals surface area contributed by atoms with Crippen molar-refractivity contribution >= 4 is 17.2 Å². The Kier molecular flexibility index (Phi) is 4.65. The Morgan fingerprint density at radius 2 is 2.21 bits per heavy atom. The summed E-state index contributed by atoms with van der Waals surface area (Å²) in [7, 11) is 0. The van der Waals surface area contributed by atoms with Gasteiger partial charge in [-0.2, -0.15) is 0 Å². The van der Waals surface area contributed by atoms with Gasteiger partial charge in [0, 0.05) is 28.0 Å². The van der Waals surface area contributed by atoms with Crippen molar-refractivity contribution in [3.05, 3.63) is 51.2 Å². The molecule has 3 N–H and O–H groups in total. The van der Waals surface area contributed by atoms with Crippen molar-refractivity contribution in [2.45, 2.75) is 32.3 Å². The number of aliphatic hydroxyl groups is 1. The zero-order valence-corrected chi connectivity index (χ0v) is 17.0. The minimum atomic E-state index is -1.46. The number of carbonyl (C=O) groups is 1. The number of hydrogen-bond donors (Lipinski definition) is 2. The lowest BCUT2D eigenvalue weighted by Crippen LogP contribution is -2.18. The summed E-state index contributed by atoms with van der Waals surface area (Å²) in [5, 5.41) is 14.7. The van der Waals surface area contributed by atoms with Gasteiger partial charge in [0.1, 0.15) is 17.2 Å². The van der Waals surface area contributed by atoms with Crippen LogP contribution in [0.15, 0.2) is 28.8 Å². The van der Waals surface area contributed by atoms with Gasteiger partial charge in [-0.05, 0) is 32.0 Å². The molecule has 1 aromatic carbocycles. The summed E-state index contributed by atoms with van der Waals surface area (Å²) in [6.07, 6.45) is 0. The Hall–Kier alpha value is -3.15. The minimum Gasteiger partial charge on any atom is -0.492 e. The quantitative estimate of drug-likeness (QED) is 0.630. The monoisotopic (exact) mass is 409 g/mol. The maximum absolute atomic E-state index is 11.6. The average Bonchev–Trinajstić information content (AvgIpc) is 3.29. The minimum absolute atomic E-state index is 0.0775. The van der Waals surface area contributed by atoms with Gasteiger partial charge in [-0.3, -0.25) is 4.79 Å². The Labute approximate surface area is 171 Å². The number of aryl methyl sites for hydroxylation is 1. The highest BCUT2D eigenvalue weighted by atomic mass is 32.1. The van der Waals surface area contributed by atoms with E-state index in [9.17, 15) is 9.90 Å². The maximum Gasteiger partial charge on any atom is 0.277 e. The molecular formula is C21H19N3O4S. The van der Waals surface area contributed by atoms with Crippen LogP contribution in [-0.4, -0.2) is 27.8 Å². The first-order valence-electron chi connectivity index (χ1n) is 9.01. The molecule has 0 fully saturated rings. The third-order valence-corrected chi connectivity index (χ3v) is 5.91. The van der Waals surface area contributed by atoms with Crippen molar-refractivity contribution in [1.29, 1.82) is 0 Å². The maximum atomic E-state index is 11.6. The molecule has 1 aliphatic rings. The van der Waals surface area contributed by atoms with Gasteiger partial charge in [-0.1, -0.05) is 23.9 Å². The molecular weight excluding hydrogens is 390 g/mol. The molecule has 7 nitrogen and oxygen atoms in total. The second-order valence-corrected chi connectivity index (χ2v) is 8.19. The molecule has 0 aliphatic carbocycles. The van der Waals surface area contributed by atoms with Gasteiger partial charge in [-0.25, -0.2) is 4.98 Å². The van der Waals surface area contributed by atoms with Crippen LogP contribution in [0, 0.1) is 18.8 Å². The number of ether oxygens (including phenoxy) is 1. The molecule has 8 heteroatoms. The molecule has 2 aromatic heterocycles. The van der Waals surface area contributed by atoms with E-state index < -0.39 is 11.5 Å². The number of aromatic nitrogens is 2. The normalized spacial score (nSPS) is 17.0. The predicted octanol–water partition coefficient (Wildman–Crippen LogP) is 2.96. The van der Waals surface area contributed by atoms with Gasteiger partial charge in [-0.15, -0.1) is 11.3 Å². The van der Waals surface area contributed by atoms with E-state index in [-0.39, 0.29) is 10.9 Å². The fraction of sp³-hybridized carbons (Fsp3) is 0.286. The Bertz CT molecular complexity index is 1170. The topological polar surface area (TPSA) is 111 Å². The van der Waals surface area contributed by atoms with Gasteiger partial charge in [0.25, 0.3) is 5.91 Å². The van der Waals surface area contributed by atoms with E-state index in [1.54, 1.807) is 19.9 Å². The van der Waals surface area contributed by atoms with Gasteiger partial charge >= 0.3 is 0 Å².